The van der Waals surface area contributed by atoms with Crippen LogP contribution in [0.25, 0.3) is 0 Å². The molecule has 1 saturated heterocycles. The predicted octanol–water partition coefficient (Wildman–Crippen LogP) is 5.13. The van der Waals surface area contributed by atoms with Gasteiger partial charge < -0.3 is 4.43 Å². The predicted molar refractivity (Wildman–Crippen MR) is 90.9 cm³/mol. The van der Waals surface area contributed by atoms with Crippen LogP contribution in [0.5, 0.6) is 0 Å². The third-order valence-corrected chi connectivity index (χ3v) is 46.5. The molecule has 0 N–H and O–H groups in total. The lowest BCUT2D eigenvalue weighted by atomic mass is 10.0. The second kappa shape index (κ2) is 5.19. The number of rotatable bonds is 4. The average Bonchev–Trinajstić information content (AvgIpc) is 2.14. The number of hydrogen-bond donors (Lipinski definition) is 0. The fourth-order valence-corrected chi connectivity index (χ4v) is 38.1. The van der Waals surface area contributed by atoms with Gasteiger partial charge in [0.2, 0.25) is 0 Å². The van der Waals surface area contributed by atoms with E-state index in [9.17, 15) is 0 Å². The molecule has 0 saturated carbocycles. The molecule has 18 heavy (non-hydrogen) atoms. The third-order valence-electron chi connectivity index (χ3n) is 5.86. The van der Waals surface area contributed by atoms with Crippen molar-refractivity contribution in [2.75, 3.05) is 0 Å². The Bertz CT molecular complexity index is 303. The molecule has 0 bridgehead atoms. The first kappa shape index (κ1) is 16.7. The first-order valence-corrected chi connectivity index (χ1v) is 18.6. The van der Waals surface area contributed by atoms with Gasteiger partial charge in [0.05, 0.1) is 12.7 Å². The quantitative estimate of drug-likeness (QED) is 0.654. The Morgan fingerprint density at radius 3 is 2.00 bits per heavy atom. The van der Waals surface area contributed by atoms with Gasteiger partial charge in [0.1, 0.15) is 0 Å². The largest absolute Gasteiger partial charge is 0.415 e. The van der Waals surface area contributed by atoms with Gasteiger partial charge in [-0.2, -0.15) is 0 Å². The Hall–Kier alpha value is 0.611. The van der Waals surface area contributed by atoms with Crippen molar-refractivity contribution < 1.29 is 4.43 Å². The summed E-state index contributed by atoms with van der Waals surface area (Å²) in [6.07, 6.45) is 3.91. The van der Waals surface area contributed by atoms with E-state index in [-0.39, 0.29) is 5.60 Å². The molecular weight excluding hydrogens is 268 g/mol. The highest BCUT2D eigenvalue weighted by Crippen LogP contribution is 2.47. The molecule has 1 nitrogen and oxygen atoms in total. The molecule has 0 spiro atoms. The maximum atomic E-state index is 6.79. The summed E-state index contributed by atoms with van der Waals surface area (Å²) >= 11 is 0. The highest BCUT2D eigenvalue weighted by molar-refractivity contribution is 7.67. The Morgan fingerprint density at radius 2 is 1.56 bits per heavy atom. The van der Waals surface area contributed by atoms with Crippen LogP contribution in [-0.2, 0) is 4.43 Å². The first-order valence-electron chi connectivity index (χ1n) is 7.74. The molecule has 2 atom stereocenters. The fourth-order valence-electron chi connectivity index (χ4n) is 4.17. The summed E-state index contributed by atoms with van der Waals surface area (Å²) in [6.45, 7) is 20.2. The maximum absolute atomic E-state index is 6.79. The van der Waals surface area contributed by atoms with Gasteiger partial charge in [0.15, 0.2) is 7.83 Å². The molecule has 1 heterocycles. The first-order chi connectivity index (χ1) is 8.04. The van der Waals surface area contributed by atoms with Crippen molar-refractivity contribution in [1.29, 1.82) is 0 Å². The highest BCUT2D eigenvalue weighted by Gasteiger charge is 2.62. The molecule has 0 amide bonds. The van der Waals surface area contributed by atoms with Crippen LogP contribution in [0.4, 0.5) is 0 Å². The van der Waals surface area contributed by atoms with E-state index < -0.39 is 22.5 Å². The van der Waals surface area contributed by atoms with E-state index in [0.29, 0.717) is 0 Å². The van der Waals surface area contributed by atoms with E-state index in [2.05, 4.69) is 53.5 Å². The van der Waals surface area contributed by atoms with Crippen molar-refractivity contribution >= 4 is 22.5 Å². The second-order valence-corrected chi connectivity index (χ2v) is 34.6. The summed E-state index contributed by atoms with van der Waals surface area (Å²) in [7, 11) is -3.71. The van der Waals surface area contributed by atoms with Crippen molar-refractivity contribution in [2.24, 2.45) is 0 Å². The monoisotopic (exact) mass is 302 g/mol. The van der Waals surface area contributed by atoms with E-state index in [1.54, 1.807) is 0 Å². The minimum atomic E-state index is -1.46. The zero-order chi connectivity index (χ0) is 14.2. The van der Waals surface area contributed by atoms with Gasteiger partial charge in [-0.15, -0.1) is 0 Å². The lowest BCUT2D eigenvalue weighted by Crippen LogP contribution is -2.78. The van der Waals surface area contributed by atoms with Gasteiger partial charge in [0.25, 0.3) is 0 Å². The van der Waals surface area contributed by atoms with Crippen molar-refractivity contribution in [3.63, 3.8) is 0 Å². The molecule has 0 aromatic carbocycles. The highest BCUT2D eigenvalue weighted by atomic mass is 29.6. The minimum absolute atomic E-state index is 0.211. The van der Waals surface area contributed by atoms with Gasteiger partial charge in [0, 0.05) is 7.59 Å². The fraction of sp³-hybridized carbons (Fsp3) is 1.00. The molecule has 0 radical (unpaired) electrons. The summed E-state index contributed by atoms with van der Waals surface area (Å²) < 4.78 is 6.79. The summed E-state index contributed by atoms with van der Waals surface area (Å²) in [6, 6.07) is 2.96. The van der Waals surface area contributed by atoms with Crippen LogP contribution < -0.4 is 0 Å². The van der Waals surface area contributed by atoms with E-state index in [4.69, 9.17) is 4.43 Å². The third kappa shape index (κ3) is 2.72. The summed E-state index contributed by atoms with van der Waals surface area (Å²) in [5.41, 5.74) is 0.211. The molecule has 0 aromatic heterocycles. The van der Waals surface area contributed by atoms with Crippen molar-refractivity contribution in [2.45, 2.75) is 90.5 Å². The molecule has 1 fully saturated rings. The van der Waals surface area contributed by atoms with Crippen molar-refractivity contribution in [3.8, 4) is 0 Å². The minimum Gasteiger partial charge on any atom is -0.415 e. The SMILES string of the molecule is CCCC1(C)C[Si](C)(CCC)[Si](C)(C)[Si](C)(C)O1. The molecule has 0 aliphatic carbocycles. The van der Waals surface area contributed by atoms with E-state index in [1.165, 1.54) is 31.4 Å². The zero-order valence-corrected chi connectivity index (χ0v) is 16.9. The molecule has 1 rings (SSSR count). The zero-order valence-electron chi connectivity index (χ0n) is 13.9. The number of hydrogen-bond acceptors (Lipinski definition) is 1. The van der Waals surface area contributed by atoms with Crippen LogP contribution in [0.3, 0.4) is 0 Å². The van der Waals surface area contributed by atoms with E-state index in [0.717, 1.165) is 0 Å². The Kier molecular flexibility index (Phi) is 4.80. The molecule has 108 valence electrons. The van der Waals surface area contributed by atoms with Crippen LogP contribution in [0.2, 0.25) is 44.8 Å². The van der Waals surface area contributed by atoms with Crippen molar-refractivity contribution in [1.82, 2.24) is 0 Å². The maximum Gasteiger partial charge on any atom is 0.172 e. The molecule has 4 heteroatoms. The van der Waals surface area contributed by atoms with E-state index >= 15 is 0 Å². The Balaban J connectivity index is 3.15. The molecule has 2 unspecified atom stereocenters. The standard InChI is InChI=1S/C14H34OSi3/c1-9-11-14(3)13-18(8,12-10-2)17(6,7)16(4,5)15-14/h9-13H2,1-8H3. The van der Waals surface area contributed by atoms with Gasteiger partial charge >= 0.3 is 0 Å². The van der Waals surface area contributed by atoms with Crippen LogP contribution in [-0.4, -0.2) is 28.1 Å². The van der Waals surface area contributed by atoms with Crippen LogP contribution >= 0.6 is 0 Å². The summed E-state index contributed by atoms with van der Waals surface area (Å²) in [4.78, 5) is 0. The molecule has 1 aliphatic rings. The van der Waals surface area contributed by atoms with E-state index in [1.807, 2.05) is 0 Å². The van der Waals surface area contributed by atoms with Gasteiger partial charge in [-0.25, -0.2) is 0 Å². The second-order valence-electron chi connectivity index (χ2n) is 7.92. The van der Waals surface area contributed by atoms with Crippen LogP contribution in [0.1, 0.15) is 40.0 Å². The van der Waals surface area contributed by atoms with Crippen LogP contribution in [0.15, 0.2) is 0 Å². The smallest absolute Gasteiger partial charge is 0.172 e. The van der Waals surface area contributed by atoms with Crippen LogP contribution in [0, 0.1) is 0 Å². The molecule has 1 aliphatic heterocycles. The van der Waals surface area contributed by atoms with Gasteiger partial charge in [-0.05, 0) is 32.5 Å². The average molecular weight is 303 g/mol. The summed E-state index contributed by atoms with van der Waals surface area (Å²) in [5.74, 6) is 0. The Labute approximate surface area is 117 Å². The Morgan fingerprint density at radius 1 is 1.00 bits per heavy atom. The summed E-state index contributed by atoms with van der Waals surface area (Å²) in [5, 5.41) is 0. The molecular formula is C14H34OSi3. The lowest BCUT2D eigenvalue weighted by molar-refractivity contribution is 0.0899. The normalized spacial score (nSPS) is 38.7. The topological polar surface area (TPSA) is 9.23 Å². The van der Waals surface area contributed by atoms with Gasteiger partial charge in [-0.3, -0.25) is 0 Å². The molecule has 0 aromatic rings. The van der Waals surface area contributed by atoms with Gasteiger partial charge in [-0.1, -0.05) is 52.4 Å². The lowest BCUT2D eigenvalue weighted by Gasteiger charge is -2.60. The van der Waals surface area contributed by atoms with Crippen molar-refractivity contribution in [3.05, 3.63) is 0 Å².